The topological polar surface area (TPSA) is 117 Å². The van der Waals surface area contributed by atoms with E-state index in [0.29, 0.717) is 36.2 Å². The number of carbonyl (C=O) groups excluding carboxylic acids is 1. The number of rotatable bonds is 3. The fourth-order valence-corrected chi connectivity index (χ4v) is 2.97. The molecule has 0 unspecified atom stereocenters. The number of hydrogen-bond donors (Lipinski definition) is 2. The molecule has 2 aromatic heterocycles. The normalized spacial score (nSPS) is 13.0. The van der Waals surface area contributed by atoms with Gasteiger partial charge in [0.25, 0.3) is 5.78 Å². The van der Waals surface area contributed by atoms with Gasteiger partial charge in [-0.05, 0) is 26.0 Å². The van der Waals surface area contributed by atoms with Gasteiger partial charge in [-0.25, -0.2) is 4.98 Å². The van der Waals surface area contributed by atoms with E-state index in [1.807, 2.05) is 13.8 Å². The van der Waals surface area contributed by atoms with Crippen LogP contribution in [0.4, 0.5) is 11.6 Å². The van der Waals surface area contributed by atoms with E-state index in [0.717, 1.165) is 17.0 Å². The second-order valence-corrected chi connectivity index (χ2v) is 6.03. The molecule has 3 heterocycles. The molecule has 3 N–H and O–H groups in total. The Bertz CT molecular complexity index is 1010. The van der Waals surface area contributed by atoms with E-state index in [1.165, 1.54) is 0 Å². The number of hydrogen-bond acceptors (Lipinski definition) is 7. The quantitative estimate of drug-likeness (QED) is 0.727. The van der Waals surface area contributed by atoms with Gasteiger partial charge in [0.15, 0.2) is 11.5 Å². The summed E-state index contributed by atoms with van der Waals surface area (Å²) in [5, 5.41) is 6.99. The molecule has 0 fully saturated rings. The van der Waals surface area contributed by atoms with Gasteiger partial charge in [-0.2, -0.15) is 9.50 Å². The summed E-state index contributed by atoms with van der Waals surface area (Å²) < 4.78 is 12.6. The van der Waals surface area contributed by atoms with Gasteiger partial charge in [0.1, 0.15) is 13.2 Å². The maximum atomic E-state index is 12.5. The van der Waals surface area contributed by atoms with E-state index in [9.17, 15) is 4.79 Å². The zero-order chi connectivity index (χ0) is 18.3. The van der Waals surface area contributed by atoms with E-state index in [4.69, 9.17) is 15.2 Å². The number of benzene rings is 1. The molecule has 9 heteroatoms. The first-order valence-electron chi connectivity index (χ1n) is 8.19. The lowest BCUT2D eigenvalue weighted by atomic mass is 10.1. The van der Waals surface area contributed by atoms with Gasteiger partial charge in [0, 0.05) is 28.7 Å². The maximum absolute atomic E-state index is 12.5. The predicted octanol–water partition coefficient (Wildman–Crippen LogP) is 1.28. The molecule has 0 bridgehead atoms. The number of aryl methyl sites for hydroxylation is 2. The molecular weight excluding hydrogens is 336 g/mol. The zero-order valence-corrected chi connectivity index (χ0v) is 14.4. The molecular formula is C17H18N6O3. The van der Waals surface area contributed by atoms with Crippen molar-refractivity contribution >= 4 is 23.3 Å². The van der Waals surface area contributed by atoms with Crippen molar-refractivity contribution in [2.75, 3.05) is 24.3 Å². The van der Waals surface area contributed by atoms with E-state index >= 15 is 0 Å². The number of carbonyl (C=O) groups is 1. The van der Waals surface area contributed by atoms with Crippen molar-refractivity contribution in [3.8, 4) is 11.5 Å². The molecule has 1 aliphatic rings. The Morgan fingerprint density at radius 1 is 1.23 bits per heavy atom. The number of aromatic nitrogens is 4. The van der Waals surface area contributed by atoms with Gasteiger partial charge < -0.3 is 20.5 Å². The number of ether oxygens (including phenoxy) is 2. The number of nitrogens with zero attached hydrogens (tertiary/aromatic N) is 4. The van der Waals surface area contributed by atoms with Crippen molar-refractivity contribution in [1.82, 2.24) is 19.6 Å². The van der Waals surface area contributed by atoms with Crippen molar-refractivity contribution in [2.45, 2.75) is 20.3 Å². The fourth-order valence-electron chi connectivity index (χ4n) is 2.97. The molecule has 1 amide bonds. The van der Waals surface area contributed by atoms with Crippen LogP contribution in [0.25, 0.3) is 5.78 Å². The molecule has 9 nitrogen and oxygen atoms in total. The number of fused-ring (bicyclic) bond motifs is 2. The monoisotopic (exact) mass is 354 g/mol. The minimum absolute atomic E-state index is 0.151. The first-order valence-corrected chi connectivity index (χ1v) is 8.19. The Labute approximate surface area is 149 Å². The van der Waals surface area contributed by atoms with Crippen molar-refractivity contribution < 1.29 is 14.3 Å². The second kappa shape index (κ2) is 6.17. The van der Waals surface area contributed by atoms with Crippen LogP contribution in [0.15, 0.2) is 18.2 Å². The standard InChI is InChI=1S/C17H18N6O3/c1-9-12(10(2)23-17(19-9)21-16(18)22-23)8-15(24)20-11-3-4-13-14(7-11)26-6-5-25-13/h3-4,7H,5-6,8H2,1-2H3,(H2,18,22)(H,20,24). The van der Waals surface area contributed by atoms with Gasteiger partial charge in [-0.15, -0.1) is 5.10 Å². The smallest absolute Gasteiger partial charge is 0.254 e. The summed E-state index contributed by atoms with van der Waals surface area (Å²) >= 11 is 0. The number of nitrogens with two attached hydrogens (primary N) is 1. The Hall–Kier alpha value is -3.36. The third kappa shape index (κ3) is 2.87. The number of nitrogens with one attached hydrogen (secondary N) is 1. The van der Waals surface area contributed by atoms with Crippen LogP contribution in [0.5, 0.6) is 11.5 Å². The van der Waals surface area contributed by atoms with Crippen LogP contribution < -0.4 is 20.5 Å². The summed E-state index contributed by atoms with van der Waals surface area (Å²) in [4.78, 5) is 20.9. The SMILES string of the molecule is Cc1nc2nc(N)nn2c(C)c1CC(=O)Nc1ccc2c(c1)OCCO2. The third-order valence-corrected chi connectivity index (χ3v) is 4.23. The lowest BCUT2D eigenvalue weighted by Crippen LogP contribution is -2.19. The average molecular weight is 354 g/mol. The van der Waals surface area contributed by atoms with Crippen molar-refractivity contribution in [3.63, 3.8) is 0 Å². The maximum Gasteiger partial charge on any atom is 0.254 e. The van der Waals surface area contributed by atoms with Crippen LogP contribution in [-0.4, -0.2) is 38.7 Å². The lowest BCUT2D eigenvalue weighted by molar-refractivity contribution is -0.115. The Morgan fingerprint density at radius 2 is 2.00 bits per heavy atom. The summed E-state index contributed by atoms with van der Waals surface area (Å²) in [6, 6.07) is 5.32. The Morgan fingerprint density at radius 3 is 2.81 bits per heavy atom. The summed E-state index contributed by atoms with van der Waals surface area (Å²) in [6.45, 7) is 4.72. The third-order valence-electron chi connectivity index (χ3n) is 4.23. The molecule has 3 aromatic rings. The minimum atomic E-state index is -0.165. The molecule has 134 valence electrons. The lowest BCUT2D eigenvalue weighted by Gasteiger charge is -2.19. The molecule has 0 atom stereocenters. The number of nitrogen functional groups attached to an aromatic ring is 1. The first-order chi connectivity index (χ1) is 12.5. The van der Waals surface area contributed by atoms with Crippen molar-refractivity contribution in [1.29, 1.82) is 0 Å². The molecule has 0 saturated heterocycles. The molecule has 0 radical (unpaired) electrons. The summed E-state index contributed by atoms with van der Waals surface area (Å²) in [6.07, 6.45) is 0.162. The van der Waals surface area contributed by atoms with E-state index in [1.54, 1.807) is 22.7 Å². The summed E-state index contributed by atoms with van der Waals surface area (Å²) in [7, 11) is 0. The van der Waals surface area contributed by atoms with Crippen LogP contribution in [-0.2, 0) is 11.2 Å². The van der Waals surface area contributed by atoms with Crippen LogP contribution >= 0.6 is 0 Å². The number of amides is 1. The predicted molar refractivity (Wildman–Crippen MR) is 94.4 cm³/mol. The van der Waals surface area contributed by atoms with Gasteiger partial charge in [-0.1, -0.05) is 0 Å². The zero-order valence-electron chi connectivity index (χ0n) is 14.4. The highest BCUT2D eigenvalue weighted by atomic mass is 16.6. The molecule has 0 aliphatic carbocycles. The summed E-state index contributed by atoms with van der Waals surface area (Å²) in [5.41, 5.74) is 8.58. The van der Waals surface area contributed by atoms with E-state index < -0.39 is 0 Å². The molecule has 4 rings (SSSR count). The highest BCUT2D eigenvalue weighted by Gasteiger charge is 2.17. The highest BCUT2D eigenvalue weighted by Crippen LogP contribution is 2.32. The van der Waals surface area contributed by atoms with Crippen LogP contribution in [0, 0.1) is 13.8 Å². The second-order valence-electron chi connectivity index (χ2n) is 6.03. The van der Waals surface area contributed by atoms with Crippen LogP contribution in [0.2, 0.25) is 0 Å². The number of anilines is 2. The fraction of sp³-hybridized carbons (Fsp3) is 0.294. The average Bonchev–Trinajstić information content (AvgIpc) is 2.99. The van der Waals surface area contributed by atoms with Crippen LogP contribution in [0.3, 0.4) is 0 Å². The molecule has 1 aromatic carbocycles. The first kappa shape index (κ1) is 16.1. The van der Waals surface area contributed by atoms with Crippen molar-refractivity contribution in [3.05, 3.63) is 35.2 Å². The minimum Gasteiger partial charge on any atom is -0.486 e. The molecule has 0 saturated carbocycles. The van der Waals surface area contributed by atoms with E-state index in [-0.39, 0.29) is 18.3 Å². The highest BCUT2D eigenvalue weighted by molar-refractivity contribution is 5.92. The summed E-state index contributed by atoms with van der Waals surface area (Å²) in [5.74, 6) is 1.72. The Balaban J connectivity index is 1.56. The largest absolute Gasteiger partial charge is 0.486 e. The molecule has 26 heavy (non-hydrogen) atoms. The Kier molecular flexibility index (Phi) is 3.83. The van der Waals surface area contributed by atoms with Gasteiger partial charge in [0.05, 0.1) is 6.42 Å². The van der Waals surface area contributed by atoms with Gasteiger partial charge in [0.2, 0.25) is 11.9 Å². The van der Waals surface area contributed by atoms with E-state index in [2.05, 4.69) is 20.4 Å². The van der Waals surface area contributed by atoms with Gasteiger partial charge >= 0.3 is 0 Å². The molecule has 1 aliphatic heterocycles. The van der Waals surface area contributed by atoms with Gasteiger partial charge in [-0.3, -0.25) is 4.79 Å². The molecule has 0 spiro atoms. The van der Waals surface area contributed by atoms with Crippen molar-refractivity contribution in [2.24, 2.45) is 0 Å². The van der Waals surface area contributed by atoms with Crippen LogP contribution in [0.1, 0.15) is 17.0 Å².